The van der Waals surface area contributed by atoms with Crippen LogP contribution in [0.3, 0.4) is 0 Å². The Bertz CT molecular complexity index is 2750. The lowest BCUT2D eigenvalue weighted by Crippen LogP contribution is -2.26. The van der Waals surface area contributed by atoms with Crippen molar-refractivity contribution in [2.45, 2.75) is 0 Å². The summed E-state index contributed by atoms with van der Waals surface area (Å²) < 4.78 is 20.8. The topological polar surface area (TPSA) is 22.0 Å². The van der Waals surface area contributed by atoms with E-state index >= 15 is 4.57 Å². The molecule has 0 fully saturated rings. The largest absolute Gasteiger partial charge is 0.309 e. The minimum absolute atomic E-state index is 0.852. The van der Waals surface area contributed by atoms with Crippen LogP contribution in [0.2, 0.25) is 0 Å². The maximum absolute atomic E-state index is 15.8. The Morgan fingerprint density at radius 1 is 0.479 bits per heavy atom. The third kappa shape index (κ3) is 3.89. The van der Waals surface area contributed by atoms with Crippen LogP contribution in [0.25, 0.3) is 70.3 Å². The number of thiophene rings is 1. The van der Waals surface area contributed by atoms with Crippen molar-refractivity contribution in [3.63, 3.8) is 0 Å². The zero-order chi connectivity index (χ0) is 31.8. The highest BCUT2D eigenvalue weighted by atomic mass is 32.1. The Hall–Kier alpha value is -5.47. The summed E-state index contributed by atoms with van der Waals surface area (Å²) in [5.41, 5.74) is 8.82. The van der Waals surface area contributed by atoms with Crippen molar-refractivity contribution in [3.05, 3.63) is 170 Å². The number of para-hydroxylation sites is 1. The van der Waals surface area contributed by atoms with Crippen molar-refractivity contribution in [2.75, 3.05) is 0 Å². The van der Waals surface area contributed by atoms with E-state index in [1.54, 1.807) is 0 Å². The molecular formula is C44H28NOPS. The molecule has 226 valence electrons. The van der Waals surface area contributed by atoms with Gasteiger partial charge >= 0.3 is 0 Å². The summed E-state index contributed by atoms with van der Waals surface area (Å²) >= 11 is 1.85. The molecule has 0 saturated carbocycles. The van der Waals surface area contributed by atoms with Gasteiger partial charge in [0.25, 0.3) is 0 Å². The van der Waals surface area contributed by atoms with Crippen LogP contribution in [0.1, 0.15) is 0 Å². The molecule has 1 unspecified atom stereocenters. The van der Waals surface area contributed by atoms with Crippen molar-refractivity contribution in [1.29, 1.82) is 0 Å². The summed E-state index contributed by atoms with van der Waals surface area (Å²) in [4.78, 5) is 0. The Morgan fingerprint density at radius 2 is 1.08 bits per heavy atom. The van der Waals surface area contributed by atoms with Gasteiger partial charge in [0, 0.05) is 58.3 Å². The van der Waals surface area contributed by atoms with Crippen LogP contribution in [0.4, 0.5) is 0 Å². The van der Waals surface area contributed by atoms with E-state index in [2.05, 4.69) is 132 Å². The van der Waals surface area contributed by atoms with Gasteiger partial charge in [0.1, 0.15) is 0 Å². The quantitative estimate of drug-likeness (QED) is 0.175. The summed E-state index contributed by atoms with van der Waals surface area (Å²) in [7, 11) is -3.22. The predicted octanol–water partition coefficient (Wildman–Crippen LogP) is 11.0. The first-order valence-corrected chi connectivity index (χ1v) is 18.7. The normalized spacial score (nSPS) is 15.2. The monoisotopic (exact) mass is 649 g/mol. The maximum atomic E-state index is 15.8. The van der Waals surface area contributed by atoms with Crippen molar-refractivity contribution < 1.29 is 4.57 Å². The summed E-state index contributed by atoms with van der Waals surface area (Å²) in [6.07, 6.45) is 0. The summed E-state index contributed by atoms with van der Waals surface area (Å²) in [6, 6.07) is 59.7. The molecule has 1 aliphatic rings. The van der Waals surface area contributed by atoms with E-state index in [0.29, 0.717) is 0 Å². The molecule has 0 spiro atoms. The highest BCUT2D eigenvalue weighted by molar-refractivity contribution is 7.85. The second kappa shape index (κ2) is 10.5. The van der Waals surface area contributed by atoms with E-state index in [1.807, 2.05) is 53.8 Å². The fraction of sp³-hybridized carbons (Fsp3) is 0. The average Bonchev–Trinajstić information content (AvgIpc) is 3.68. The lowest BCUT2D eigenvalue weighted by atomic mass is 9.98. The molecular weight excluding hydrogens is 622 g/mol. The van der Waals surface area contributed by atoms with E-state index in [4.69, 9.17) is 0 Å². The third-order valence-corrected chi connectivity index (χ3v) is 14.2. The number of aromatic nitrogens is 1. The molecule has 7 aromatic carbocycles. The van der Waals surface area contributed by atoms with Gasteiger partial charge in [-0.05, 0) is 53.1 Å². The van der Waals surface area contributed by atoms with Gasteiger partial charge in [0.05, 0.1) is 11.2 Å². The van der Waals surface area contributed by atoms with Crippen molar-refractivity contribution in [1.82, 2.24) is 4.57 Å². The second-order valence-electron chi connectivity index (χ2n) is 12.4. The van der Waals surface area contributed by atoms with Crippen LogP contribution in [0, 0.1) is 0 Å². The molecule has 48 heavy (non-hydrogen) atoms. The zero-order valence-corrected chi connectivity index (χ0v) is 27.6. The first-order chi connectivity index (χ1) is 23.7. The van der Waals surface area contributed by atoms with Gasteiger partial charge < -0.3 is 9.13 Å². The van der Waals surface area contributed by atoms with E-state index in [9.17, 15) is 0 Å². The van der Waals surface area contributed by atoms with E-state index < -0.39 is 7.14 Å². The molecule has 2 aromatic heterocycles. The summed E-state index contributed by atoms with van der Waals surface area (Å²) in [5.74, 6) is 0. The number of hydrogen-bond acceptors (Lipinski definition) is 2. The van der Waals surface area contributed by atoms with Gasteiger partial charge in [-0.2, -0.15) is 0 Å². The number of fused-ring (bicyclic) bond motifs is 10. The Kier molecular flexibility index (Phi) is 6.05. The van der Waals surface area contributed by atoms with Gasteiger partial charge in [-0.3, -0.25) is 0 Å². The smallest absolute Gasteiger partial charge is 0.172 e. The van der Waals surface area contributed by atoms with Gasteiger partial charge in [-0.25, -0.2) is 0 Å². The molecule has 3 heterocycles. The fourth-order valence-corrected chi connectivity index (χ4v) is 11.8. The molecule has 10 rings (SSSR count). The minimum Gasteiger partial charge on any atom is -0.309 e. The number of rotatable bonds is 3. The van der Waals surface area contributed by atoms with Crippen molar-refractivity contribution in [2.24, 2.45) is 0 Å². The molecule has 0 radical (unpaired) electrons. The molecule has 4 heteroatoms. The average molecular weight is 650 g/mol. The van der Waals surface area contributed by atoms with Crippen LogP contribution in [-0.4, -0.2) is 4.57 Å². The first kappa shape index (κ1) is 27.6. The molecule has 0 bridgehead atoms. The molecule has 0 saturated heterocycles. The molecule has 1 atom stereocenters. The predicted molar refractivity (Wildman–Crippen MR) is 205 cm³/mol. The first-order valence-electron chi connectivity index (χ1n) is 16.2. The van der Waals surface area contributed by atoms with Crippen LogP contribution < -0.4 is 15.9 Å². The maximum Gasteiger partial charge on any atom is 0.172 e. The van der Waals surface area contributed by atoms with Crippen LogP contribution in [0.15, 0.2) is 170 Å². The van der Waals surface area contributed by atoms with Gasteiger partial charge in [0.2, 0.25) is 0 Å². The summed E-state index contributed by atoms with van der Waals surface area (Å²) in [5, 5.41) is 6.37. The number of benzene rings is 7. The SMILES string of the molecule is O=P1(c2ccccc2)c2ccccc2-c2c(n(-c3ccc(-c4ccc5sc6ccccc6c5c4)cc3)c3ccccc23)-c2ccccc21. The van der Waals surface area contributed by atoms with Crippen LogP contribution >= 0.6 is 18.5 Å². The standard InChI is InChI=1S/C44H28NOPS/c46-47(32-12-2-1-3-13-32)39-19-9-5-16-35(39)43-34-15-4-8-18-38(34)45(44(43)36-17-6-10-20-40(36)47)31-25-22-29(23-26-31)30-24-27-42-37(28-30)33-14-7-11-21-41(33)48-42/h1-28H. The van der Waals surface area contributed by atoms with Gasteiger partial charge in [-0.15, -0.1) is 11.3 Å². The Labute approximate surface area is 282 Å². The Balaban J connectivity index is 1.22. The minimum atomic E-state index is -3.22. The lowest BCUT2D eigenvalue weighted by Gasteiger charge is -2.22. The van der Waals surface area contributed by atoms with E-state index in [1.165, 1.54) is 31.3 Å². The molecule has 2 nitrogen and oxygen atoms in total. The highest BCUT2D eigenvalue weighted by Crippen LogP contribution is 2.54. The molecule has 1 aliphatic heterocycles. The van der Waals surface area contributed by atoms with Gasteiger partial charge in [0.15, 0.2) is 7.14 Å². The van der Waals surface area contributed by atoms with Crippen LogP contribution in [-0.2, 0) is 4.57 Å². The van der Waals surface area contributed by atoms with Gasteiger partial charge in [-0.1, -0.05) is 133 Å². The van der Waals surface area contributed by atoms with Crippen LogP contribution in [0.5, 0.6) is 0 Å². The summed E-state index contributed by atoms with van der Waals surface area (Å²) in [6.45, 7) is 0. The molecule has 0 aliphatic carbocycles. The second-order valence-corrected chi connectivity index (χ2v) is 16.2. The fourth-order valence-electron chi connectivity index (χ4n) is 7.70. The van der Waals surface area contributed by atoms with Crippen molar-refractivity contribution >= 4 is 65.5 Å². The number of nitrogens with zero attached hydrogens (tertiary/aromatic N) is 1. The molecule has 9 aromatic rings. The number of hydrogen-bond donors (Lipinski definition) is 0. The third-order valence-electron chi connectivity index (χ3n) is 9.84. The van der Waals surface area contributed by atoms with E-state index in [-0.39, 0.29) is 0 Å². The van der Waals surface area contributed by atoms with Crippen molar-refractivity contribution in [3.8, 4) is 39.2 Å². The lowest BCUT2D eigenvalue weighted by molar-refractivity contribution is 0.592. The van der Waals surface area contributed by atoms with E-state index in [0.717, 1.165) is 54.9 Å². The highest BCUT2D eigenvalue weighted by Gasteiger charge is 2.39. The molecule has 0 N–H and O–H groups in total. The zero-order valence-electron chi connectivity index (χ0n) is 25.9. The Morgan fingerprint density at radius 3 is 1.90 bits per heavy atom. The molecule has 0 amide bonds.